The Labute approximate surface area is 124 Å². The molecule has 2 fully saturated rings. The zero-order chi connectivity index (χ0) is 14.5. The molecule has 0 N–H and O–H groups in total. The van der Waals surface area contributed by atoms with Crippen molar-refractivity contribution in [2.45, 2.75) is 37.8 Å². The number of carbonyl (C=O) groups is 1. The Morgan fingerprint density at radius 2 is 2.33 bits per heavy atom. The second-order valence-corrected chi connectivity index (χ2v) is 5.66. The van der Waals surface area contributed by atoms with Gasteiger partial charge in [-0.05, 0) is 25.7 Å². The van der Waals surface area contributed by atoms with Gasteiger partial charge in [0.25, 0.3) is 0 Å². The molecule has 0 unspecified atom stereocenters. The lowest BCUT2D eigenvalue weighted by molar-refractivity contribution is -0.139. The Morgan fingerprint density at radius 1 is 1.38 bits per heavy atom. The number of rotatable bonds is 5. The first kappa shape index (κ1) is 14.5. The molecule has 3 rings (SSSR count). The molecule has 0 spiro atoms. The number of amides is 1. The fourth-order valence-electron chi connectivity index (χ4n) is 2.95. The number of hydrogen-bond acceptors (Lipinski definition) is 5. The topological polar surface area (TPSA) is 69.5 Å². The predicted molar refractivity (Wildman–Crippen MR) is 74.7 cm³/mol. The number of nitrogens with zero attached hydrogens (tertiary/aromatic N) is 4. The van der Waals surface area contributed by atoms with Crippen LogP contribution in [0.15, 0.2) is 12.7 Å². The van der Waals surface area contributed by atoms with E-state index in [4.69, 9.17) is 9.47 Å². The van der Waals surface area contributed by atoms with Crippen LogP contribution in [0.2, 0.25) is 0 Å². The molecule has 0 bridgehead atoms. The Balaban J connectivity index is 1.43. The third-order valence-electron chi connectivity index (χ3n) is 4.11. The highest BCUT2D eigenvalue weighted by molar-refractivity contribution is 5.77. The largest absolute Gasteiger partial charge is 0.376 e. The van der Waals surface area contributed by atoms with Crippen LogP contribution in [0.25, 0.3) is 0 Å². The van der Waals surface area contributed by atoms with E-state index >= 15 is 0 Å². The highest BCUT2D eigenvalue weighted by Crippen LogP contribution is 2.20. The molecule has 0 saturated carbocycles. The van der Waals surface area contributed by atoms with E-state index in [1.807, 2.05) is 9.58 Å². The average Bonchev–Trinajstić information content (AvgIpc) is 3.21. The maximum absolute atomic E-state index is 12.2. The standard InChI is InChI=1S/C14H22N4O3/c19-14(9-20-8-13-4-2-6-21-13)17-5-1-3-12(7-17)18-11-15-10-16-18/h10-13H,1-9H2/t12-,13-/m1/s1. The summed E-state index contributed by atoms with van der Waals surface area (Å²) in [6.07, 6.45) is 7.56. The number of aromatic nitrogens is 3. The van der Waals surface area contributed by atoms with Crippen LogP contribution in [-0.2, 0) is 14.3 Å². The first-order valence-corrected chi connectivity index (χ1v) is 7.64. The van der Waals surface area contributed by atoms with Crippen LogP contribution in [0, 0.1) is 0 Å². The Hall–Kier alpha value is -1.47. The van der Waals surface area contributed by atoms with Gasteiger partial charge in [-0.15, -0.1) is 0 Å². The molecule has 2 atom stereocenters. The maximum atomic E-state index is 12.2. The Morgan fingerprint density at radius 3 is 3.10 bits per heavy atom. The van der Waals surface area contributed by atoms with E-state index in [1.54, 1.807) is 6.33 Å². The number of piperidine rings is 1. The Kier molecular flexibility index (Phi) is 4.82. The van der Waals surface area contributed by atoms with Crippen LogP contribution >= 0.6 is 0 Å². The average molecular weight is 294 g/mol. The van der Waals surface area contributed by atoms with Crippen molar-refractivity contribution in [3.8, 4) is 0 Å². The van der Waals surface area contributed by atoms with Gasteiger partial charge in [0, 0.05) is 19.7 Å². The van der Waals surface area contributed by atoms with Crippen molar-refractivity contribution in [3.63, 3.8) is 0 Å². The number of hydrogen-bond donors (Lipinski definition) is 0. The van der Waals surface area contributed by atoms with Crippen molar-refractivity contribution in [2.75, 3.05) is 32.9 Å². The summed E-state index contributed by atoms with van der Waals surface area (Å²) in [5, 5.41) is 4.17. The van der Waals surface area contributed by atoms with Crippen LogP contribution in [-0.4, -0.2) is 64.6 Å². The molecule has 0 aliphatic carbocycles. The Bertz CT molecular complexity index is 445. The van der Waals surface area contributed by atoms with Crippen molar-refractivity contribution < 1.29 is 14.3 Å². The lowest BCUT2D eigenvalue weighted by atomic mass is 10.1. The van der Waals surface area contributed by atoms with Crippen molar-refractivity contribution in [1.29, 1.82) is 0 Å². The highest BCUT2D eigenvalue weighted by atomic mass is 16.5. The molecule has 7 nitrogen and oxygen atoms in total. The third-order valence-corrected chi connectivity index (χ3v) is 4.11. The van der Waals surface area contributed by atoms with Crippen LogP contribution < -0.4 is 0 Å². The molecule has 1 aromatic heterocycles. The summed E-state index contributed by atoms with van der Waals surface area (Å²) in [4.78, 5) is 18.0. The zero-order valence-corrected chi connectivity index (χ0v) is 12.2. The van der Waals surface area contributed by atoms with Gasteiger partial charge in [-0.3, -0.25) is 4.79 Å². The van der Waals surface area contributed by atoms with Crippen LogP contribution in [0.1, 0.15) is 31.7 Å². The molecule has 0 radical (unpaired) electrons. The molecule has 1 amide bonds. The van der Waals surface area contributed by atoms with Crippen LogP contribution in [0.4, 0.5) is 0 Å². The van der Waals surface area contributed by atoms with Crippen molar-refractivity contribution >= 4 is 5.91 Å². The van der Waals surface area contributed by atoms with E-state index < -0.39 is 0 Å². The van der Waals surface area contributed by atoms with E-state index in [0.29, 0.717) is 13.2 Å². The van der Waals surface area contributed by atoms with Gasteiger partial charge in [0.2, 0.25) is 5.91 Å². The second kappa shape index (κ2) is 7.00. The van der Waals surface area contributed by atoms with Gasteiger partial charge in [-0.25, -0.2) is 9.67 Å². The highest BCUT2D eigenvalue weighted by Gasteiger charge is 2.25. The first-order chi connectivity index (χ1) is 10.3. The van der Waals surface area contributed by atoms with Gasteiger partial charge in [-0.1, -0.05) is 0 Å². The van der Waals surface area contributed by atoms with Gasteiger partial charge in [0.15, 0.2) is 0 Å². The number of carbonyl (C=O) groups excluding carboxylic acids is 1. The summed E-state index contributed by atoms with van der Waals surface area (Å²) in [6, 6.07) is 0.225. The van der Waals surface area contributed by atoms with E-state index in [0.717, 1.165) is 38.8 Å². The summed E-state index contributed by atoms with van der Waals surface area (Å²) in [5.41, 5.74) is 0. The second-order valence-electron chi connectivity index (χ2n) is 5.66. The molecular formula is C14H22N4O3. The molecule has 0 aromatic carbocycles. The van der Waals surface area contributed by atoms with E-state index in [-0.39, 0.29) is 24.7 Å². The van der Waals surface area contributed by atoms with E-state index in [1.165, 1.54) is 6.33 Å². The van der Waals surface area contributed by atoms with Crippen molar-refractivity contribution in [3.05, 3.63) is 12.7 Å². The molecule has 2 aliphatic heterocycles. The molecule has 21 heavy (non-hydrogen) atoms. The quantitative estimate of drug-likeness (QED) is 0.797. The minimum absolute atomic E-state index is 0.0535. The molecular weight excluding hydrogens is 272 g/mol. The van der Waals surface area contributed by atoms with Crippen LogP contribution in [0.3, 0.4) is 0 Å². The normalized spacial score (nSPS) is 26.2. The number of likely N-dealkylation sites (tertiary alicyclic amines) is 1. The lowest BCUT2D eigenvalue weighted by Gasteiger charge is -2.32. The van der Waals surface area contributed by atoms with Crippen molar-refractivity contribution in [1.82, 2.24) is 19.7 Å². The summed E-state index contributed by atoms with van der Waals surface area (Å²) in [5.74, 6) is 0.0535. The van der Waals surface area contributed by atoms with Crippen LogP contribution in [0.5, 0.6) is 0 Å². The summed E-state index contributed by atoms with van der Waals surface area (Å²) in [6.45, 7) is 2.96. The van der Waals surface area contributed by atoms with E-state index in [2.05, 4.69) is 10.1 Å². The van der Waals surface area contributed by atoms with Gasteiger partial charge in [-0.2, -0.15) is 5.10 Å². The van der Waals surface area contributed by atoms with E-state index in [9.17, 15) is 4.79 Å². The smallest absolute Gasteiger partial charge is 0.248 e. The fraction of sp³-hybridized carbons (Fsp3) is 0.786. The zero-order valence-electron chi connectivity index (χ0n) is 12.2. The summed E-state index contributed by atoms with van der Waals surface area (Å²) >= 11 is 0. The van der Waals surface area contributed by atoms with Gasteiger partial charge in [0.05, 0.1) is 18.8 Å². The fourth-order valence-corrected chi connectivity index (χ4v) is 2.95. The molecule has 7 heteroatoms. The first-order valence-electron chi connectivity index (χ1n) is 7.64. The predicted octanol–water partition coefficient (Wildman–Crippen LogP) is 0.637. The lowest BCUT2D eigenvalue weighted by Crippen LogP contribution is -2.42. The van der Waals surface area contributed by atoms with Crippen molar-refractivity contribution in [2.24, 2.45) is 0 Å². The minimum atomic E-state index is 0.0535. The van der Waals surface area contributed by atoms with Gasteiger partial charge in [0.1, 0.15) is 19.3 Å². The molecule has 3 heterocycles. The summed E-state index contributed by atoms with van der Waals surface area (Å²) < 4.78 is 12.8. The molecule has 1 aromatic rings. The third kappa shape index (κ3) is 3.79. The molecule has 116 valence electrons. The van der Waals surface area contributed by atoms with Gasteiger partial charge < -0.3 is 14.4 Å². The SMILES string of the molecule is O=C(COC[C@H]1CCCO1)N1CCC[C@@H](n2cncn2)C1. The monoisotopic (exact) mass is 294 g/mol. The van der Waals surface area contributed by atoms with Gasteiger partial charge >= 0.3 is 0 Å². The summed E-state index contributed by atoms with van der Waals surface area (Å²) in [7, 11) is 0. The number of ether oxygens (including phenoxy) is 2. The molecule has 2 aliphatic rings. The minimum Gasteiger partial charge on any atom is -0.376 e. The maximum Gasteiger partial charge on any atom is 0.248 e. The molecule has 2 saturated heterocycles.